The highest BCUT2D eigenvalue weighted by atomic mass is 16.6. The summed E-state index contributed by atoms with van der Waals surface area (Å²) in [7, 11) is 1.36. The Kier molecular flexibility index (Phi) is 7.31. The highest BCUT2D eigenvalue weighted by Crippen LogP contribution is 2.18. The summed E-state index contributed by atoms with van der Waals surface area (Å²) in [5, 5.41) is 17.8. The lowest BCUT2D eigenvalue weighted by Crippen LogP contribution is -2.49. The molecule has 5 rings (SSSR count). The molecule has 1 aliphatic heterocycles. The number of aliphatic hydroxyl groups excluding tert-OH is 1. The number of cyclic esters (lactones) is 1. The van der Waals surface area contributed by atoms with Gasteiger partial charge in [-0.3, -0.25) is 24.2 Å². The van der Waals surface area contributed by atoms with Gasteiger partial charge in [0.25, 0.3) is 11.5 Å². The number of esters is 1. The van der Waals surface area contributed by atoms with Crippen molar-refractivity contribution in [1.82, 2.24) is 24.4 Å². The number of hydrogen-bond donors (Lipinski definition) is 4. The molecule has 0 bridgehead atoms. The number of carbonyl (C=O) groups is 3. The van der Waals surface area contributed by atoms with Crippen LogP contribution >= 0.6 is 0 Å². The molecule has 2 aromatic heterocycles. The summed E-state index contributed by atoms with van der Waals surface area (Å²) in [6, 6.07) is 11.5. The monoisotopic (exact) mass is 559 g/mol. The fourth-order valence-corrected chi connectivity index (χ4v) is 4.27. The van der Waals surface area contributed by atoms with Crippen molar-refractivity contribution in [3.05, 3.63) is 87.3 Å². The number of aliphatic hydroxyl groups is 1. The van der Waals surface area contributed by atoms with Crippen molar-refractivity contribution in [3.8, 4) is 0 Å². The number of amides is 2. The predicted octanol–water partition coefficient (Wildman–Crippen LogP) is 0.797. The average Bonchev–Trinajstić information content (AvgIpc) is 3.27. The largest absolute Gasteiger partial charge is 0.434 e. The first-order valence-corrected chi connectivity index (χ1v) is 12.5. The highest BCUT2D eigenvalue weighted by molar-refractivity contribution is 6.04. The molecule has 14 nitrogen and oxygen atoms in total. The lowest BCUT2D eigenvalue weighted by molar-refractivity contribution is -0.155. The Hall–Kier alpha value is -5.37. The maximum atomic E-state index is 13.2. The molecule has 0 aliphatic carbocycles. The topological polar surface area (TPSA) is 187 Å². The van der Waals surface area contributed by atoms with Gasteiger partial charge < -0.3 is 30.4 Å². The van der Waals surface area contributed by atoms with Gasteiger partial charge in [0.1, 0.15) is 23.6 Å². The van der Waals surface area contributed by atoms with E-state index in [1.807, 2.05) is 24.3 Å². The zero-order valence-electron chi connectivity index (χ0n) is 21.9. The van der Waals surface area contributed by atoms with Crippen LogP contribution in [-0.4, -0.2) is 54.3 Å². The molecule has 1 fully saturated rings. The maximum Gasteiger partial charge on any atom is 0.331 e. The van der Waals surface area contributed by atoms with E-state index in [1.54, 1.807) is 30.5 Å². The second-order valence-electron chi connectivity index (χ2n) is 9.39. The van der Waals surface area contributed by atoms with Crippen molar-refractivity contribution < 1.29 is 24.2 Å². The maximum absolute atomic E-state index is 13.2. The fourth-order valence-electron chi connectivity index (χ4n) is 4.27. The molecule has 3 heterocycles. The molecule has 41 heavy (non-hydrogen) atoms. The lowest BCUT2D eigenvalue weighted by atomic mass is 10.2. The van der Waals surface area contributed by atoms with E-state index in [4.69, 9.17) is 0 Å². The van der Waals surface area contributed by atoms with E-state index in [0.29, 0.717) is 16.1 Å². The number of carbonyl (C=O) groups excluding carboxylic acids is 3. The van der Waals surface area contributed by atoms with Gasteiger partial charge in [-0.25, -0.2) is 14.3 Å². The third-order valence-corrected chi connectivity index (χ3v) is 6.47. The minimum atomic E-state index is -1.54. The zero-order valence-corrected chi connectivity index (χ0v) is 21.9. The van der Waals surface area contributed by atoms with Crippen LogP contribution < -0.4 is 27.2 Å². The molecule has 0 saturated carbocycles. The van der Waals surface area contributed by atoms with Crippen molar-refractivity contribution >= 4 is 46.0 Å². The normalized spacial score (nSPS) is 17.1. The van der Waals surface area contributed by atoms with E-state index >= 15 is 0 Å². The van der Waals surface area contributed by atoms with Gasteiger partial charge in [0, 0.05) is 24.5 Å². The fraction of sp³-hybridized carbons (Fsp3) is 0.222. The minimum absolute atomic E-state index is 0.227. The number of rotatable bonds is 7. The van der Waals surface area contributed by atoms with Crippen molar-refractivity contribution in [3.63, 3.8) is 0 Å². The summed E-state index contributed by atoms with van der Waals surface area (Å²) in [4.78, 5) is 71.8. The first kappa shape index (κ1) is 27.2. The van der Waals surface area contributed by atoms with Crippen molar-refractivity contribution in [2.75, 3.05) is 10.6 Å². The van der Waals surface area contributed by atoms with E-state index in [-0.39, 0.29) is 17.7 Å². The third-order valence-electron chi connectivity index (χ3n) is 6.47. The number of aromatic nitrogens is 4. The molecule has 2 aromatic carbocycles. The molecular formula is C27H25N7O7. The first-order chi connectivity index (χ1) is 19.6. The van der Waals surface area contributed by atoms with Crippen LogP contribution in [0.2, 0.25) is 0 Å². The number of nitrogens with one attached hydrogen (secondary N) is 3. The Morgan fingerprint density at radius 2 is 1.78 bits per heavy atom. The van der Waals surface area contributed by atoms with Crippen LogP contribution in [0.5, 0.6) is 0 Å². The minimum Gasteiger partial charge on any atom is -0.434 e. The van der Waals surface area contributed by atoms with Crippen LogP contribution in [0.4, 0.5) is 17.2 Å². The van der Waals surface area contributed by atoms with Crippen molar-refractivity contribution in [1.29, 1.82) is 0 Å². The van der Waals surface area contributed by atoms with Crippen LogP contribution in [0.25, 0.3) is 11.0 Å². The van der Waals surface area contributed by atoms with Crippen LogP contribution in [0.15, 0.2) is 70.5 Å². The summed E-state index contributed by atoms with van der Waals surface area (Å²) >= 11 is 0. The Balaban J connectivity index is 1.30. The quantitative estimate of drug-likeness (QED) is 0.236. The summed E-state index contributed by atoms with van der Waals surface area (Å²) in [5.41, 5.74) is 0.420. The number of aryl methyl sites for hydroxylation is 1. The number of para-hydroxylation sites is 2. The zero-order chi connectivity index (χ0) is 29.3. The SMILES string of the molecule is C[C@H](C(=O)N[C@H]1CC(=O)OC1O)n1c(=O)c(NC(=O)c2ccc(Nc3cnc4ccccc4n3)cc2)cn(C)c1=O. The van der Waals surface area contributed by atoms with E-state index in [1.165, 1.54) is 14.0 Å². The van der Waals surface area contributed by atoms with E-state index < -0.39 is 47.4 Å². The molecular weight excluding hydrogens is 534 g/mol. The van der Waals surface area contributed by atoms with Crippen LogP contribution in [0.3, 0.4) is 0 Å². The number of nitrogens with zero attached hydrogens (tertiary/aromatic N) is 4. The van der Waals surface area contributed by atoms with Crippen LogP contribution in [0.1, 0.15) is 29.7 Å². The molecule has 0 spiro atoms. The van der Waals surface area contributed by atoms with E-state index in [0.717, 1.165) is 21.8 Å². The van der Waals surface area contributed by atoms with Crippen molar-refractivity contribution in [2.24, 2.45) is 7.05 Å². The molecule has 3 atom stereocenters. The third kappa shape index (κ3) is 5.67. The van der Waals surface area contributed by atoms with Gasteiger partial charge in [-0.05, 0) is 43.3 Å². The summed E-state index contributed by atoms with van der Waals surface area (Å²) in [6.07, 6.45) is 0.960. The molecule has 2 amide bonds. The molecule has 1 saturated heterocycles. The Bertz CT molecular complexity index is 1780. The summed E-state index contributed by atoms with van der Waals surface area (Å²) in [6.45, 7) is 1.30. The predicted molar refractivity (Wildman–Crippen MR) is 147 cm³/mol. The Morgan fingerprint density at radius 3 is 2.46 bits per heavy atom. The molecule has 1 aliphatic rings. The Labute approximate surface area is 231 Å². The second-order valence-corrected chi connectivity index (χ2v) is 9.39. The van der Waals surface area contributed by atoms with Gasteiger partial charge >= 0.3 is 11.7 Å². The first-order valence-electron chi connectivity index (χ1n) is 12.5. The molecule has 210 valence electrons. The Morgan fingerprint density at radius 1 is 1.07 bits per heavy atom. The van der Waals surface area contributed by atoms with Crippen molar-refractivity contribution in [2.45, 2.75) is 31.7 Å². The smallest absolute Gasteiger partial charge is 0.331 e. The lowest BCUT2D eigenvalue weighted by Gasteiger charge is -2.20. The van der Waals surface area contributed by atoms with Gasteiger partial charge in [0.05, 0.1) is 23.7 Å². The number of fused-ring (bicyclic) bond motifs is 1. The molecule has 1 unspecified atom stereocenters. The second kappa shape index (κ2) is 11.0. The molecule has 4 aromatic rings. The van der Waals surface area contributed by atoms with E-state index in [9.17, 15) is 29.1 Å². The number of ether oxygens (including phenoxy) is 1. The molecule has 0 radical (unpaired) electrons. The number of hydrogen-bond acceptors (Lipinski definition) is 10. The highest BCUT2D eigenvalue weighted by Gasteiger charge is 2.36. The summed E-state index contributed by atoms with van der Waals surface area (Å²) in [5.74, 6) is -1.59. The standard InChI is InChI=1S/C27H25N7O7/c1-14(23(36)31-19-11-22(35)41-26(19)39)34-25(38)20(13-33(2)27(34)40)32-24(37)15-7-9-16(10-8-15)29-21-12-28-17-5-3-4-6-18(17)30-21/h3-10,12-14,19,26,39H,11H2,1-2H3,(H,29,30)(H,31,36)(H,32,37)/t14-,19+,26?/m1/s1. The van der Waals surface area contributed by atoms with Gasteiger partial charge in [0.2, 0.25) is 12.2 Å². The average molecular weight is 560 g/mol. The van der Waals surface area contributed by atoms with Crippen LogP contribution in [0, 0.1) is 0 Å². The van der Waals surface area contributed by atoms with E-state index in [2.05, 4.69) is 30.7 Å². The van der Waals surface area contributed by atoms with Gasteiger partial charge in [-0.2, -0.15) is 0 Å². The molecule has 14 heteroatoms. The van der Waals surface area contributed by atoms with Gasteiger partial charge in [-0.15, -0.1) is 0 Å². The number of benzene rings is 2. The van der Waals surface area contributed by atoms with Gasteiger partial charge in [-0.1, -0.05) is 12.1 Å². The van der Waals surface area contributed by atoms with Crippen LogP contribution in [-0.2, 0) is 21.4 Å². The summed E-state index contributed by atoms with van der Waals surface area (Å²) < 4.78 is 6.32. The van der Waals surface area contributed by atoms with Gasteiger partial charge in [0.15, 0.2) is 0 Å². The molecule has 4 N–H and O–H groups in total. The number of anilines is 3.